The third-order valence-corrected chi connectivity index (χ3v) is 4.99. The van der Waals surface area contributed by atoms with Gasteiger partial charge in [-0.3, -0.25) is 4.98 Å². The van der Waals surface area contributed by atoms with Crippen LogP contribution in [0.1, 0.15) is 35.2 Å². The van der Waals surface area contributed by atoms with E-state index in [1.807, 2.05) is 0 Å². The van der Waals surface area contributed by atoms with Crippen molar-refractivity contribution in [2.24, 2.45) is 0 Å². The molecular weight excluding hydrogens is 268 g/mol. The minimum Gasteiger partial charge on any atom is -0.355 e. The third-order valence-electron chi connectivity index (χ3n) is 4.99. The van der Waals surface area contributed by atoms with Crippen molar-refractivity contribution in [1.29, 1.82) is 0 Å². The number of nitrogens with zero attached hydrogens (tertiary/aromatic N) is 1. The number of hydrogen-bond donors (Lipinski definition) is 1. The Morgan fingerprint density at radius 3 is 2.68 bits per heavy atom. The second kappa shape index (κ2) is 4.57. The predicted octanol–water partition coefficient (Wildman–Crippen LogP) is 4.76. The normalized spacial score (nSPS) is 15.6. The van der Waals surface area contributed by atoms with Gasteiger partial charge < -0.3 is 5.32 Å². The van der Waals surface area contributed by atoms with E-state index in [0.29, 0.717) is 0 Å². The molecule has 0 radical (unpaired) electrons. The van der Waals surface area contributed by atoms with Crippen molar-refractivity contribution in [3.05, 3.63) is 64.8 Å². The van der Waals surface area contributed by atoms with Crippen LogP contribution in [0.5, 0.6) is 0 Å². The molecule has 0 atom stereocenters. The van der Waals surface area contributed by atoms with Crippen molar-refractivity contribution in [2.45, 2.75) is 32.1 Å². The van der Waals surface area contributed by atoms with Gasteiger partial charge in [-0.15, -0.1) is 0 Å². The average Bonchev–Trinajstić information content (AvgIpc) is 2.56. The molecule has 2 heterocycles. The van der Waals surface area contributed by atoms with E-state index in [0.717, 1.165) is 18.4 Å². The van der Waals surface area contributed by atoms with Crippen LogP contribution < -0.4 is 5.32 Å². The zero-order chi connectivity index (χ0) is 14.5. The summed E-state index contributed by atoms with van der Waals surface area (Å²) in [5.74, 6) is 0. The smallest absolute Gasteiger partial charge is 0.0726 e. The summed E-state index contributed by atoms with van der Waals surface area (Å²) in [4.78, 5) is 4.94. The number of aromatic nitrogens is 1. The molecule has 1 N–H and O–H groups in total. The lowest BCUT2D eigenvalue weighted by atomic mass is 9.92. The highest BCUT2D eigenvalue weighted by Gasteiger charge is 2.17. The summed E-state index contributed by atoms with van der Waals surface area (Å²) in [6.45, 7) is 0. The topological polar surface area (TPSA) is 24.9 Å². The van der Waals surface area contributed by atoms with Gasteiger partial charge in [0.25, 0.3) is 0 Å². The van der Waals surface area contributed by atoms with Crippen molar-refractivity contribution in [3.63, 3.8) is 0 Å². The van der Waals surface area contributed by atoms with Crippen molar-refractivity contribution in [2.75, 3.05) is 5.32 Å². The summed E-state index contributed by atoms with van der Waals surface area (Å²) in [6.07, 6.45) is 5.92. The van der Waals surface area contributed by atoms with Crippen molar-refractivity contribution in [3.8, 4) is 0 Å². The SMILES string of the molecule is c1ccc2c(c1)Cc1cc3cc4c(nc3cc1N2)CCCC4. The highest BCUT2D eigenvalue weighted by molar-refractivity contribution is 5.87. The first-order valence-corrected chi connectivity index (χ1v) is 8.17. The molecule has 2 nitrogen and oxygen atoms in total. The van der Waals surface area contributed by atoms with Gasteiger partial charge in [0.05, 0.1) is 5.52 Å². The number of aryl methyl sites for hydroxylation is 2. The van der Waals surface area contributed by atoms with E-state index in [1.54, 1.807) is 0 Å². The molecule has 0 spiro atoms. The number of para-hydroxylation sites is 1. The number of rotatable bonds is 0. The van der Waals surface area contributed by atoms with Crippen LogP contribution in [0.25, 0.3) is 10.9 Å². The molecule has 0 unspecified atom stereocenters. The molecule has 0 amide bonds. The van der Waals surface area contributed by atoms with E-state index >= 15 is 0 Å². The average molecular weight is 286 g/mol. The molecule has 5 rings (SSSR count). The van der Waals surface area contributed by atoms with Crippen LogP contribution >= 0.6 is 0 Å². The maximum atomic E-state index is 4.94. The van der Waals surface area contributed by atoms with Gasteiger partial charge in [0.15, 0.2) is 0 Å². The van der Waals surface area contributed by atoms with Crippen molar-refractivity contribution >= 4 is 22.3 Å². The monoisotopic (exact) mass is 286 g/mol. The van der Waals surface area contributed by atoms with Crippen LogP contribution in [-0.4, -0.2) is 4.98 Å². The molecule has 0 saturated heterocycles. The van der Waals surface area contributed by atoms with Gasteiger partial charge in [-0.1, -0.05) is 18.2 Å². The standard InChI is InChI=1S/C20H18N2/c1-3-7-17-13(5-1)9-15-11-16-10-14-6-2-4-8-18(14)22-20(16)12-19(15)21-17/h1,3,5,7,10-12,21H,2,4,6,8-9H2. The van der Waals surface area contributed by atoms with Crippen LogP contribution in [0.2, 0.25) is 0 Å². The van der Waals surface area contributed by atoms with E-state index in [2.05, 4.69) is 47.8 Å². The summed E-state index contributed by atoms with van der Waals surface area (Å²) in [5, 5.41) is 4.86. The summed E-state index contributed by atoms with van der Waals surface area (Å²) < 4.78 is 0. The predicted molar refractivity (Wildman–Crippen MR) is 90.9 cm³/mol. The number of pyridine rings is 1. The summed E-state index contributed by atoms with van der Waals surface area (Å²) in [5.41, 5.74) is 9.11. The minimum absolute atomic E-state index is 1.01. The highest BCUT2D eigenvalue weighted by atomic mass is 14.9. The van der Waals surface area contributed by atoms with Gasteiger partial charge in [-0.25, -0.2) is 0 Å². The molecule has 1 aromatic heterocycles. The first-order chi connectivity index (χ1) is 10.9. The molecule has 2 aliphatic rings. The summed E-state index contributed by atoms with van der Waals surface area (Å²) in [7, 11) is 0. The molecule has 22 heavy (non-hydrogen) atoms. The Hall–Kier alpha value is -2.35. The quantitative estimate of drug-likeness (QED) is 0.504. The maximum absolute atomic E-state index is 4.94. The third kappa shape index (κ3) is 1.83. The number of benzene rings is 2. The zero-order valence-corrected chi connectivity index (χ0v) is 12.5. The van der Waals surface area contributed by atoms with E-state index in [1.165, 1.54) is 58.4 Å². The first kappa shape index (κ1) is 12.2. The van der Waals surface area contributed by atoms with Crippen LogP contribution in [0.4, 0.5) is 11.4 Å². The molecule has 2 aromatic carbocycles. The van der Waals surface area contributed by atoms with E-state index in [-0.39, 0.29) is 0 Å². The molecule has 3 aromatic rings. The Bertz CT molecular complexity index is 822. The summed E-state index contributed by atoms with van der Waals surface area (Å²) in [6, 6.07) is 15.5. The molecule has 0 saturated carbocycles. The molecule has 1 aliphatic heterocycles. The van der Waals surface area contributed by atoms with Crippen molar-refractivity contribution in [1.82, 2.24) is 4.98 Å². The minimum atomic E-state index is 1.01. The van der Waals surface area contributed by atoms with Crippen LogP contribution in [0.3, 0.4) is 0 Å². The Morgan fingerprint density at radius 1 is 0.818 bits per heavy atom. The molecule has 108 valence electrons. The second-order valence-corrected chi connectivity index (χ2v) is 6.46. The van der Waals surface area contributed by atoms with Gasteiger partial charge in [-0.05, 0) is 66.6 Å². The van der Waals surface area contributed by atoms with Crippen molar-refractivity contribution < 1.29 is 0 Å². The highest BCUT2D eigenvalue weighted by Crippen LogP contribution is 2.35. The fourth-order valence-corrected chi connectivity index (χ4v) is 3.80. The van der Waals surface area contributed by atoms with Gasteiger partial charge in [-0.2, -0.15) is 0 Å². The van der Waals surface area contributed by atoms with Gasteiger partial charge in [0.2, 0.25) is 0 Å². The Morgan fingerprint density at radius 2 is 1.68 bits per heavy atom. The van der Waals surface area contributed by atoms with E-state index in [9.17, 15) is 0 Å². The summed E-state index contributed by atoms with van der Waals surface area (Å²) >= 11 is 0. The van der Waals surface area contributed by atoms with Crippen LogP contribution in [0.15, 0.2) is 42.5 Å². The second-order valence-electron chi connectivity index (χ2n) is 6.46. The lowest BCUT2D eigenvalue weighted by Gasteiger charge is -2.23. The number of nitrogens with one attached hydrogen (secondary N) is 1. The maximum Gasteiger partial charge on any atom is 0.0726 e. The fourth-order valence-electron chi connectivity index (χ4n) is 3.80. The Labute approximate surface area is 130 Å². The molecule has 2 heteroatoms. The molecular formula is C20H18N2. The molecule has 1 aliphatic carbocycles. The number of hydrogen-bond acceptors (Lipinski definition) is 2. The van der Waals surface area contributed by atoms with Gasteiger partial charge in [0.1, 0.15) is 0 Å². The molecule has 0 bridgehead atoms. The lowest BCUT2D eigenvalue weighted by Crippen LogP contribution is -2.08. The lowest BCUT2D eigenvalue weighted by molar-refractivity contribution is 0.671. The van der Waals surface area contributed by atoms with E-state index < -0.39 is 0 Å². The molecule has 0 fully saturated rings. The Kier molecular flexibility index (Phi) is 2.54. The van der Waals surface area contributed by atoms with Crippen LogP contribution in [-0.2, 0) is 19.3 Å². The fraction of sp³-hybridized carbons (Fsp3) is 0.250. The van der Waals surface area contributed by atoms with Gasteiger partial charge >= 0.3 is 0 Å². The number of fused-ring (bicyclic) bond motifs is 4. The zero-order valence-electron chi connectivity index (χ0n) is 12.5. The first-order valence-electron chi connectivity index (χ1n) is 8.17. The number of anilines is 2. The Balaban J connectivity index is 1.68. The largest absolute Gasteiger partial charge is 0.355 e. The van der Waals surface area contributed by atoms with Crippen LogP contribution in [0, 0.1) is 0 Å². The van der Waals surface area contributed by atoms with E-state index in [4.69, 9.17) is 4.98 Å². The van der Waals surface area contributed by atoms with Gasteiger partial charge in [0, 0.05) is 28.9 Å².